The number of pyridine rings is 1. The van der Waals surface area contributed by atoms with Crippen molar-refractivity contribution in [2.24, 2.45) is 0 Å². The quantitative estimate of drug-likeness (QED) is 0.349. The van der Waals surface area contributed by atoms with Crippen molar-refractivity contribution < 1.29 is 4.79 Å². The van der Waals surface area contributed by atoms with E-state index in [4.69, 9.17) is 5.73 Å². The topological polar surface area (TPSA) is 80.0 Å². The summed E-state index contributed by atoms with van der Waals surface area (Å²) >= 11 is 0. The molecule has 0 radical (unpaired) electrons. The number of carbonyl (C=O) groups is 1. The molecule has 4 aromatic rings. The predicted octanol–water partition coefficient (Wildman–Crippen LogP) is 4.55. The van der Waals surface area contributed by atoms with Gasteiger partial charge in [0.25, 0.3) is 0 Å². The van der Waals surface area contributed by atoms with Crippen LogP contribution in [0.25, 0.3) is 0 Å². The minimum Gasteiger partial charge on any atom is -0.384 e. The smallest absolute Gasteiger partial charge is 0.241 e. The second kappa shape index (κ2) is 10.3. The first-order chi connectivity index (χ1) is 17.5. The van der Waals surface area contributed by atoms with Crippen molar-refractivity contribution in [1.82, 2.24) is 15.6 Å². The molecule has 5 nitrogen and oxygen atoms in total. The number of benzene rings is 3. The van der Waals surface area contributed by atoms with Crippen molar-refractivity contribution in [3.8, 4) is 0 Å². The first kappa shape index (κ1) is 23.8. The number of aryl methyl sites for hydroxylation is 1. The Bertz CT molecular complexity index is 1270. The maximum atomic E-state index is 13.9. The zero-order valence-corrected chi connectivity index (χ0v) is 20.6. The summed E-state index contributed by atoms with van der Waals surface area (Å²) in [4.78, 5) is 18.2. The fraction of sp³-hybridized carbons (Fsp3) is 0.226. The van der Waals surface area contributed by atoms with E-state index in [2.05, 4.69) is 76.3 Å². The monoisotopic (exact) mass is 476 g/mol. The normalized spacial score (nSPS) is 13.9. The van der Waals surface area contributed by atoms with Gasteiger partial charge in [0.1, 0.15) is 11.4 Å². The molecule has 0 spiro atoms. The van der Waals surface area contributed by atoms with Crippen LogP contribution in [0.5, 0.6) is 0 Å². The molecule has 1 aromatic heterocycles. The Morgan fingerprint density at radius 3 is 1.97 bits per heavy atom. The third kappa shape index (κ3) is 5.02. The number of amides is 1. The van der Waals surface area contributed by atoms with Gasteiger partial charge in [-0.3, -0.25) is 4.79 Å². The molecule has 1 heterocycles. The highest BCUT2D eigenvalue weighted by molar-refractivity contribution is 5.88. The molecule has 0 unspecified atom stereocenters. The first-order valence-electron chi connectivity index (χ1n) is 12.5. The minimum absolute atomic E-state index is 0.00907. The van der Waals surface area contributed by atoms with Crippen LogP contribution in [-0.4, -0.2) is 23.0 Å². The number of carbonyl (C=O) groups excluding carboxylic acids is 1. The summed E-state index contributed by atoms with van der Waals surface area (Å²) in [7, 11) is 0. The summed E-state index contributed by atoms with van der Waals surface area (Å²) in [6.07, 6.45) is 1.31. The average Bonchev–Trinajstić information content (AvgIpc) is 3.29. The molecule has 1 aliphatic carbocycles. The molecule has 0 atom stereocenters. The second-order valence-corrected chi connectivity index (χ2v) is 9.62. The van der Waals surface area contributed by atoms with E-state index < -0.39 is 5.54 Å². The van der Waals surface area contributed by atoms with Gasteiger partial charge in [0.15, 0.2) is 0 Å². The van der Waals surface area contributed by atoms with Gasteiger partial charge in [-0.25, -0.2) is 4.98 Å². The van der Waals surface area contributed by atoms with E-state index >= 15 is 0 Å². The molecule has 4 N–H and O–H groups in total. The third-order valence-corrected chi connectivity index (χ3v) is 7.24. The number of nitrogens with one attached hydrogen (secondary N) is 2. The maximum Gasteiger partial charge on any atom is 0.241 e. The Labute approximate surface area is 212 Å². The number of fused-ring (bicyclic) bond motifs is 1. The molecule has 182 valence electrons. The highest BCUT2D eigenvalue weighted by Gasteiger charge is 2.43. The van der Waals surface area contributed by atoms with Crippen LogP contribution in [0, 0.1) is 6.92 Å². The number of hydrogen-bond acceptors (Lipinski definition) is 4. The minimum atomic E-state index is -0.722. The molecule has 0 bridgehead atoms. The van der Waals surface area contributed by atoms with E-state index in [1.807, 2.05) is 37.3 Å². The van der Waals surface area contributed by atoms with Crippen molar-refractivity contribution in [2.75, 3.05) is 12.3 Å². The van der Waals surface area contributed by atoms with Crippen LogP contribution in [0.1, 0.15) is 39.4 Å². The van der Waals surface area contributed by atoms with Gasteiger partial charge in [-0.2, -0.15) is 0 Å². The van der Waals surface area contributed by atoms with Crippen LogP contribution in [0.3, 0.4) is 0 Å². The van der Waals surface area contributed by atoms with Crippen LogP contribution in [0.4, 0.5) is 5.82 Å². The van der Waals surface area contributed by atoms with Crippen molar-refractivity contribution in [2.45, 2.75) is 37.8 Å². The lowest BCUT2D eigenvalue weighted by atomic mass is 9.88. The van der Waals surface area contributed by atoms with Crippen LogP contribution in [0.15, 0.2) is 97.1 Å². The molecule has 3 aromatic carbocycles. The summed E-state index contributed by atoms with van der Waals surface area (Å²) < 4.78 is 0. The fourth-order valence-corrected chi connectivity index (χ4v) is 5.22. The summed E-state index contributed by atoms with van der Waals surface area (Å²) in [6.45, 7) is 2.98. The van der Waals surface area contributed by atoms with Gasteiger partial charge in [0, 0.05) is 37.5 Å². The SMILES string of the molecule is Cc1nc(N)ccc1CNC(=O)C1(NCC(c2ccccc2)c2ccccc2)Cc2ccccc2C1. The van der Waals surface area contributed by atoms with Gasteiger partial charge in [0.05, 0.1) is 0 Å². The van der Waals surface area contributed by atoms with Crippen molar-refractivity contribution in [1.29, 1.82) is 0 Å². The van der Waals surface area contributed by atoms with Crippen molar-refractivity contribution in [3.63, 3.8) is 0 Å². The van der Waals surface area contributed by atoms with Gasteiger partial charge in [-0.05, 0) is 40.8 Å². The zero-order valence-electron chi connectivity index (χ0n) is 20.6. The van der Waals surface area contributed by atoms with E-state index in [1.54, 1.807) is 6.07 Å². The Hall–Kier alpha value is -3.96. The molecule has 0 saturated carbocycles. The Morgan fingerprint density at radius 1 is 0.861 bits per heavy atom. The van der Waals surface area contributed by atoms with Crippen LogP contribution >= 0.6 is 0 Å². The van der Waals surface area contributed by atoms with Crippen LogP contribution in [-0.2, 0) is 24.2 Å². The molecule has 36 heavy (non-hydrogen) atoms. The second-order valence-electron chi connectivity index (χ2n) is 9.62. The molecule has 0 aliphatic heterocycles. The van der Waals surface area contributed by atoms with Crippen molar-refractivity contribution >= 4 is 11.7 Å². The number of nitrogens with zero attached hydrogens (tertiary/aromatic N) is 1. The van der Waals surface area contributed by atoms with E-state index in [-0.39, 0.29) is 11.8 Å². The van der Waals surface area contributed by atoms with E-state index in [0.717, 1.165) is 11.3 Å². The van der Waals surface area contributed by atoms with E-state index in [9.17, 15) is 4.79 Å². The largest absolute Gasteiger partial charge is 0.384 e. The summed E-state index contributed by atoms with van der Waals surface area (Å²) in [5.41, 5.74) is 11.8. The van der Waals surface area contributed by atoms with Gasteiger partial charge in [0.2, 0.25) is 5.91 Å². The van der Waals surface area contributed by atoms with Crippen LogP contribution in [0.2, 0.25) is 0 Å². The summed E-state index contributed by atoms with van der Waals surface area (Å²) in [5.74, 6) is 0.624. The van der Waals surface area contributed by atoms with E-state index in [0.29, 0.717) is 31.7 Å². The Kier molecular flexibility index (Phi) is 6.83. The number of hydrogen-bond donors (Lipinski definition) is 3. The van der Waals surface area contributed by atoms with Gasteiger partial charge in [-0.1, -0.05) is 91.0 Å². The van der Waals surface area contributed by atoms with Crippen molar-refractivity contribution in [3.05, 3.63) is 131 Å². The lowest BCUT2D eigenvalue weighted by molar-refractivity contribution is -0.127. The number of rotatable bonds is 8. The number of nitrogens with two attached hydrogens (primary N) is 1. The standard InChI is InChI=1S/C31H32N4O/c1-22-27(16-17-29(32)35-22)20-33-30(36)31(18-25-14-8-9-15-26(25)19-31)34-21-28(23-10-4-2-5-11-23)24-12-6-3-7-13-24/h2-17,28,34H,18-21H2,1H3,(H2,32,35)(H,33,36). The molecule has 1 aliphatic rings. The molecule has 5 rings (SSSR count). The van der Waals surface area contributed by atoms with E-state index in [1.165, 1.54) is 22.3 Å². The number of nitrogen functional groups attached to an aromatic ring is 1. The molecule has 5 heteroatoms. The third-order valence-electron chi connectivity index (χ3n) is 7.24. The van der Waals surface area contributed by atoms with Gasteiger partial charge in [-0.15, -0.1) is 0 Å². The molecule has 0 fully saturated rings. The Morgan fingerprint density at radius 2 is 1.42 bits per heavy atom. The summed E-state index contributed by atoms with van der Waals surface area (Å²) in [6, 6.07) is 33.1. The Balaban J connectivity index is 1.41. The highest BCUT2D eigenvalue weighted by atomic mass is 16.2. The molecule has 0 saturated heterocycles. The highest BCUT2D eigenvalue weighted by Crippen LogP contribution is 2.32. The average molecular weight is 477 g/mol. The number of aromatic nitrogens is 1. The number of anilines is 1. The first-order valence-corrected chi connectivity index (χ1v) is 12.5. The zero-order chi connectivity index (χ0) is 25.0. The lowest BCUT2D eigenvalue weighted by Crippen LogP contribution is -2.58. The predicted molar refractivity (Wildman–Crippen MR) is 145 cm³/mol. The molecular formula is C31H32N4O. The molecular weight excluding hydrogens is 444 g/mol. The summed E-state index contributed by atoms with van der Waals surface area (Å²) in [5, 5.41) is 6.95. The van der Waals surface area contributed by atoms with Gasteiger partial charge < -0.3 is 16.4 Å². The lowest BCUT2D eigenvalue weighted by Gasteiger charge is -2.32. The molecule has 1 amide bonds. The maximum absolute atomic E-state index is 13.9. The van der Waals surface area contributed by atoms with Crippen LogP contribution < -0.4 is 16.4 Å². The fourth-order valence-electron chi connectivity index (χ4n) is 5.22. The van der Waals surface area contributed by atoms with Gasteiger partial charge >= 0.3 is 0 Å².